The van der Waals surface area contributed by atoms with Gasteiger partial charge < -0.3 is 0 Å². The molecule has 0 spiro atoms. The molecule has 0 aliphatic carbocycles. The van der Waals surface area contributed by atoms with Crippen LogP contribution in [0.3, 0.4) is 0 Å². The average Bonchev–Trinajstić information content (AvgIpc) is 2.16. The Kier molecular flexibility index (Phi) is 10.1. The van der Waals surface area contributed by atoms with Crippen LogP contribution >= 0.6 is 31.9 Å². The van der Waals surface area contributed by atoms with Gasteiger partial charge in [-0.15, -0.1) is 0 Å². The van der Waals surface area contributed by atoms with Crippen LogP contribution in [0.4, 0.5) is 0 Å². The first kappa shape index (κ1) is 13.9. The molecule has 0 fully saturated rings. The molecule has 0 bridgehead atoms. The molecule has 0 aromatic heterocycles. The number of hydrogen-bond donors (Lipinski definition) is 2. The van der Waals surface area contributed by atoms with Crippen molar-refractivity contribution in [3.8, 4) is 0 Å². The molecular weight excluding hydrogens is 367 g/mol. The number of aliphatic hydroxyl groups is 2. The number of aliphatic hydroxyl groups excluding tert-OH is 2. The molecule has 0 heterocycles. The fraction of sp³-hybridized carbons (Fsp3) is 0.500. The second-order valence-electron chi connectivity index (χ2n) is 2.20. The van der Waals surface area contributed by atoms with E-state index in [9.17, 15) is 0 Å². The van der Waals surface area contributed by atoms with Crippen LogP contribution in [-0.4, -0.2) is 38.4 Å². The van der Waals surface area contributed by atoms with E-state index in [1.807, 2.05) is 9.97 Å². The summed E-state index contributed by atoms with van der Waals surface area (Å²) in [4.78, 5) is 3.72. The molecule has 0 aliphatic rings. The molecule has 0 radical (unpaired) electrons. The summed E-state index contributed by atoms with van der Waals surface area (Å²) in [7, 11) is 0. The first-order chi connectivity index (χ1) is 6.28. The van der Waals surface area contributed by atoms with Gasteiger partial charge in [0.15, 0.2) is 0 Å². The van der Waals surface area contributed by atoms with Crippen LogP contribution in [0.5, 0.6) is 0 Å². The van der Waals surface area contributed by atoms with E-state index in [2.05, 4.69) is 31.9 Å². The maximum atomic E-state index is 8.75. The Balaban J connectivity index is 4.05. The van der Waals surface area contributed by atoms with Crippen LogP contribution in [0.25, 0.3) is 0 Å². The van der Waals surface area contributed by atoms with Crippen LogP contribution in [0.1, 0.15) is 12.8 Å². The molecule has 0 saturated heterocycles. The quantitative estimate of drug-likeness (QED) is 0.693. The van der Waals surface area contributed by atoms with Gasteiger partial charge in [-0.2, -0.15) is 0 Å². The third kappa shape index (κ3) is 6.89. The van der Waals surface area contributed by atoms with Gasteiger partial charge in [-0.3, -0.25) is 0 Å². The zero-order chi connectivity index (χ0) is 10.1. The molecule has 0 aliphatic heterocycles. The first-order valence-electron chi connectivity index (χ1n) is 3.76. The molecule has 0 atom stereocenters. The zero-order valence-electron chi connectivity index (χ0n) is 7.04. The topological polar surface area (TPSA) is 40.5 Å². The fourth-order valence-corrected chi connectivity index (χ4v) is 3.78. The molecule has 0 rings (SSSR count). The van der Waals surface area contributed by atoms with Crippen molar-refractivity contribution in [2.24, 2.45) is 0 Å². The van der Waals surface area contributed by atoms with E-state index in [1.165, 1.54) is 8.94 Å². The van der Waals surface area contributed by atoms with Crippen molar-refractivity contribution in [1.82, 2.24) is 0 Å². The summed E-state index contributed by atoms with van der Waals surface area (Å²) < 4.78 is 2.38. The molecule has 13 heavy (non-hydrogen) atoms. The summed E-state index contributed by atoms with van der Waals surface area (Å²) in [6.45, 7) is 0.349. The van der Waals surface area contributed by atoms with Crippen molar-refractivity contribution < 1.29 is 10.2 Å². The Morgan fingerprint density at radius 2 is 1.38 bits per heavy atom. The van der Waals surface area contributed by atoms with E-state index in [0.29, 0.717) is 12.8 Å². The van der Waals surface area contributed by atoms with Crippen molar-refractivity contribution >= 4 is 46.8 Å². The fourth-order valence-electron chi connectivity index (χ4n) is 0.644. The maximum absolute atomic E-state index is 8.75. The first-order valence-corrected chi connectivity index (χ1v) is 7.31. The van der Waals surface area contributed by atoms with Crippen LogP contribution in [0, 0.1) is 0 Å². The molecule has 5 heteroatoms. The Morgan fingerprint density at radius 1 is 1.00 bits per heavy atom. The SMILES string of the molecule is OCC/C(=C/Br)[Se]/C(=C\Br)CCO. The van der Waals surface area contributed by atoms with Crippen molar-refractivity contribution in [1.29, 1.82) is 0 Å². The molecule has 0 aromatic carbocycles. The van der Waals surface area contributed by atoms with Gasteiger partial charge in [0, 0.05) is 0 Å². The summed E-state index contributed by atoms with van der Waals surface area (Å²) in [6, 6.07) is 0. The predicted molar refractivity (Wildman–Crippen MR) is 63.2 cm³/mol. The number of hydrogen-bond acceptors (Lipinski definition) is 2. The summed E-state index contributed by atoms with van der Waals surface area (Å²) in [6.07, 6.45) is 1.39. The Hall–Kier alpha value is 0.879. The number of halogens is 2. The van der Waals surface area contributed by atoms with Gasteiger partial charge in [0.05, 0.1) is 0 Å². The van der Waals surface area contributed by atoms with E-state index < -0.39 is 0 Å². The van der Waals surface area contributed by atoms with Crippen LogP contribution in [0.15, 0.2) is 18.9 Å². The second-order valence-corrected chi connectivity index (χ2v) is 5.74. The van der Waals surface area contributed by atoms with Crippen molar-refractivity contribution in [2.75, 3.05) is 13.2 Å². The van der Waals surface area contributed by atoms with Crippen molar-refractivity contribution in [3.63, 3.8) is 0 Å². The molecular formula is C8H12Br2O2Se. The van der Waals surface area contributed by atoms with Gasteiger partial charge in [-0.05, 0) is 0 Å². The average molecular weight is 379 g/mol. The van der Waals surface area contributed by atoms with E-state index >= 15 is 0 Å². The monoisotopic (exact) mass is 378 g/mol. The van der Waals surface area contributed by atoms with Gasteiger partial charge >= 0.3 is 102 Å². The summed E-state index contributed by atoms with van der Waals surface area (Å²) in [5, 5.41) is 17.5. The zero-order valence-corrected chi connectivity index (χ0v) is 11.9. The van der Waals surface area contributed by atoms with Gasteiger partial charge in [-0.25, -0.2) is 0 Å². The molecule has 0 aromatic rings. The third-order valence-electron chi connectivity index (χ3n) is 1.22. The van der Waals surface area contributed by atoms with Gasteiger partial charge in [-0.1, -0.05) is 0 Å². The Labute approximate surface area is 102 Å². The summed E-state index contributed by atoms with van der Waals surface area (Å²) >= 11 is 6.75. The normalized spacial score (nSPS) is 13.5. The Bertz CT molecular complexity index is 173. The Morgan fingerprint density at radius 3 is 1.62 bits per heavy atom. The van der Waals surface area contributed by atoms with Gasteiger partial charge in [0.25, 0.3) is 0 Å². The van der Waals surface area contributed by atoms with Crippen LogP contribution in [0.2, 0.25) is 0 Å². The molecule has 76 valence electrons. The summed E-state index contributed by atoms with van der Waals surface area (Å²) in [5.41, 5.74) is 0. The van der Waals surface area contributed by atoms with Gasteiger partial charge in [0.1, 0.15) is 0 Å². The molecule has 0 unspecified atom stereocenters. The van der Waals surface area contributed by atoms with Crippen molar-refractivity contribution in [3.05, 3.63) is 18.9 Å². The van der Waals surface area contributed by atoms with E-state index in [-0.39, 0.29) is 28.2 Å². The molecule has 0 amide bonds. The van der Waals surface area contributed by atoms with Crippen LogP contribution < -0.4 is 0 Å². The molecule has 2 nitrogen and oxygen atoms in total. The number of rotatable bonds is 6. The standard InChI is InChI=1S/C8H12Br2O2Se/c9-5-7(1-3-11)13-8(6-10)2-4-12/h5-6,11-12H,1-4H2/b7-5-,8-6-. The van der Waals surface area contributed by atoms with E-state index in [0.717, 1.165) is 0 Å². The summed E-state index contributed by atoms with van der Waals surface area (Å²) in [5.74, 6) is 0. The minimum absolute atomic E-state index is 0.174. The van der Waals surface area contributed by atoms with E-state index in [4.69, 9.17) is 10.2 Å². The molecule has 2 N–H and O–H groups in total. The minimum atomic E-state index is 0.174. The van der Waals surface area contributed by atoms with Gasteiger partial charge in [0.2, 0.25) is 0 Å². The second kappa shape index (κ2) is 9.44. The third-order valence-corrected chi connectivity index (χ3v) is 6.14. The van der Waals surface area contributed by atoms with Crippen LogP contribution in [-0.2, 0) is 0 Å². The predicted octanol–water partition coefficient (Wildman–Crippen LogP) is 1.93. The molecule has 0 saturated carbocycles. The van der Waals surface area contributed by atoms with E-state index in [1.54, 1.807) is 0 Å². The van der Waals surface area contributed by atoms with Crippen molar-refractivity contribution in [2.45, 2.75) is 12.8 Å².